The highest BCUT2D eigenvalue weighted by Gasteiger charge is 2.46. The van der Waals surface area contributed by atoms with Gasteiger partial charge >= 0.3 is 0 Å². The summed E-state index contributed by atoms with van der Waals surface area (Å²) in [5, 5.41) is 0.237. The maximum atomic E-state index is 14.9. The number of primary amides is 1. The number of carbonyl (C=O) groups excluding carboxylic acids is 1. The number of para-hydroxylation sites is 2. The Labute approximate surface area is 255 Å². The summed E-state index contributed by atoms with van der Waals surface area (Å²) in [6, 6.07) is 28.0. The molecule has 43 heavy (non-hydrogen) atoms. The minimum Gasteiger partial charge on any atom is -0.497 e. The number of hydrogen-bond donors (Lipinski definition) is 1. The highest BCUT2D eigenvalue weighted by atomic mass is 35.5. The molecule has 1 aliphatic rings. The maximum absolute atomic E-state index is 14.9. The second kappa shape index (κ2) is 13.8. The molecular weight excluding hydrogens is 573 g/mol. The van der Waals surface area contributed by atoms with Gasteiger partial charge in [0.2, 0.25) is 12.3 Å². The van der Waals surface area contributed by atoms with E-state index in [1.54, 1.807) is 36.3 Å². The second-order valence-corrected chi connectivity index (χ2v) is 10.5. The standard InChI is InChI=1S/C33H33ClFN3O5/c1-22(28-17-23(35)18-30(34)29(28)21-41-25-15-13-24(40-2)14-16-25)37-20-32(42-26-9-5-3-6-10-26)38(19-31(36)39)33(37)43-27-11-7-4-8-12-27/h3-18,22,32-33H,19-21H2,1-2H3,(H2,36,39)/t22-,32-,33-/m0/s1. The van der Waals surface area contributed by atoms with Crippen molar-refractivity contribution in [1.82, 2.24) is 9.80 Å². The zero-order valence-corrected chi connectivity index (χ0v) is 24.6. The Kier molecular flexibility index (Phi) is 9.66. The lowest BCUT2D eigenvalue weighted by molar-refractivity contribution is -0.128. The van der Waals surface area contributed by atoms with E-state index in [0.717, 1.165) is 0 Å². The highest BCUT2D eigenvalue weighted by molar-refractivity contribution is 6.31. The monoisotopic (exact) mass is 605 g/mol. The Morgan fingerprint density at radius 2 is 1.53 bits per heavy atom. The van der Waals surface area contributed by atoms with Gasteiger partial charge in [-0.1, -0.05) is 48.0 Å². The Hall–Kier alpha value is -4.31. The van der Waals surface area contributed by atoms with Gasteiger partial charge in [-0.3, -0.25) is 4.79 Å². The van der Waals surface area contributed by atoms with Crippen molar-refractivity contribution in [2.24, 2.45) is 5.73 Å². The predicted molar refractivity (Wildman–Crippen MR) is 161 cm³/mol. The molecule has 5 rings (SSSR count). The molecule has 8 nitrogen and oxygen atoms in total. The van der Waals surface area contributed by atoms with Gasteiger partial charge in [0, 0.05) is 11.6 Å². The third kappa shape index (κ3) is 7.37. The number of nitrogens with two attached hydrogens (primary N) is 1. The molecule has 2 N–H and O–H groups in total. The fourth-order valence-corrected chi connectivity index (χ4v) is 5.36. The number of nitrogens with zero attached hydrogens (tertiary/aromatic N) is 2. The van der Waals surface area contributed by atoms with Crippen molar-refractivity contribution in [3.05, 3.63) is 119 Å². The van der Waals surface area contributed by atoms with Crippen LogP contribution in [-0.4, -0.2) is 48.5 Å². The zero-order chi connectivity index (χ0) is 30.3. The van der Waals surface area contributed by atoms with Crippen molar-refractivity contribution >= 4 is 17.5 Å². The average Bonchev–Trinajstić information content (AvgIpc) is 3.32. The van der Waals surface area contributed by atoms with Gasteiger partial charge in [0.1, 0.15) is 35.4 Å². The van der Waals surface area contributed by atoms with E-state index in [4.69, 9.17) is 36.3 Å². The van der Waals surface area contributed by atoms with Gasteiger partial charge in [0.05, 0.1) is 25.2 Å². The van der Waals surface area contributed by atoms with Crippen LogP contribution in [0.1, 0.15) is 24.1 Å². The van der Waals surface area contributed by atoms with Crippen LogP contribution in [0.25, 0.3) is 0 Å². The van der Waals surface area contributed by atoms with Gasteiger partial charge in [-0.05, 0) is 73.2 Å². The average molecular weight is 606 g/mol. The smallest absolute Gasteiger partial charge is 0.231 e. The van der Waals surface area contributed by atoms with E-state index in [1.165, 1.54) is 12.1 Å². The number of benzene rings is 4. The summed E-state index contributed by atoms with van der Waals surface area (Å²) in [6.07, 6.45) is -1.38. The molecule has 1 aliphatic heterocycles. The molecule has 0 bridgehead atoms. The number of hydrogen-bond acceptors (Lipinski definition) is 7. The maximum Gasteiger partial charge on any atom is 0.231 e. The van der Waals surface area contributed by atoms with E-state index in [1.807, 2.05) is 72.5 Å². The summed E-state index contributed by atoms with van der Waals surface area (Å²) in [7, 11) is 1.59. The lowest BCUT2D eigenvalue weighted by Crippen LogP contribution is -2.49. The Morgan fingerprint density at radius 3 is 2.14 bits per heavy atom. The van der Waals surface area contributed by atoms with Gasteiger partial charge in [-0.25, -0.2) is 14.2 Å². The topological polar surface area (TPSA) is 86.5 Å². The number of methoxy groups -OCH3 is 1. The first-order valence-electron chi connectivity index (χ1n) is 13.8. The summed E-state index contributed by atoms with van der Waals surface area (Å²) in [4.78, 5) is 16.0. The molecule has 4 aromatic rings. The fraction of sp³-hybridized carbons (Fsp3) is 0.242. The van der Waals surface area contributed by atoms with E-state index in [2.05, 4.69) is 0 Å². The van der Waals surface area contributed by atoms with Crippen molar-refractivity contribution in [2.45, 2.75) is 32.2 Å². The van der Waals surface area contributed by atoms with Crippen LogP contribution in [-0.2, 0) is 11.4 Å². The van der Waals surface area contributed by atoms with E-state index >= 15 is 0 Å². The summed E-state index contributed by atoms with van der Waals surface area (Å²) < 4.78 is 38.9. The first-order chi connectivity index (χ1) is 20.8. The molecule has 1 heterocycles. The molecule has 1 fully saturated rings. The summed E-state index contributed by atoms with van der Waals surface area (Å²) in [5.41, 5.74) is 6.93. The van der Waals surface area contributed by atoms with E-state index in [-0.39, 0.29) is 18.2 Å². The molecule has 224 valence electrons. The molecule has 0 spiro atoms. The fourth-order valence-electron chi connectivity index (χ4n) is 5.09. The molecule has 0 aliphatic carbocycles. The van der Waals surface area contributed by atoms with Crippen LogP contribution >= 0.6 is 11.6 Å². The molecular formula is C33H33ClFN3O5. The summed E-state index contributed by atoms with van der Waals surface area (Å²) >= 11 is 6.61. The van der Waals surface area contributed by atoms with E-state index in [0.29, 0.717) is 40.7 Å². The van der Waals surface area contributed by atoms with Crippen LogP contribution in [0.2, 0.25) is 5.02 Å². The van der Waals surface area contributed by atoms with Gasteiger partial charge in [-0.2, -0.15) is 0 Å². The summed E-state index contributed by atoms with van der Waals surface area (Å²) in [5.74, 6) is 1.49. The molecule has 1 amide bonds. The first kappa shape index (κ1) is 30.2. The predicted octanol–water partition coefficient (Wildman–Crippen LogP) is 6.00. The van der Waals surface area contributed by atoms with Crippen molar-refractivity contribution in [3.63, 3.8) is 0 Å². The van der Waals surface area contributed by atoms with Crippen molar-refractivity contribution < 1.29 is 28.1 Å². The SMILES string of the molecule is COc1ccc(OCc2c(Cl)cc(F)cc2[C@H](C)N2C[C@H](Oc3ccccc3)N(CC(N)=O)[C@H]2Oc2ccccc2)cc1. The van der Waals surface area contributed by atoms with Crippen LogP contribution in [0.15, 0.2) is 97.1 Å². The molecule has 0 aromatic heterocycles. The van der Waals surface area contributed by atoms with E-state index in [9.17, 15) is 9.18 Å². The van der Waals surface area contributed by atoms with Crippen LogP contribution in [0.3, 0.4) is 0 Å². The number of amides is 1. The Bertz CT molecular complexity index is 1510. The molecule has 3 atom stereocenters. The van der Waals surface area contributed by atoms with Crippen LogP contribution in [0.4, 0.5) is 4.39 Å². The molecule has 0 saturated carbocycles. The second-order valence-electron chi connectivity index (χ2n) is 10.1. The minimum atomic E-state index is -0.781. The Morgan fingerprint density at radius 1 is 0.930 bits per heavy atom. The molecule has 1 saturated heterocycles. The molecule has 0 radical (unpaired) electrons. The number of halogens is 2. The van der Waals surface area contributed by atoms with Gasteiger partial charge in [-0.15, -0.1) is 0 Å². The van der Waals surface area contributed by atoms with Gasteiger partial charge in [0.15, 0.2) is 6.23 Å². The molecule has 0 unspecified atom stereocenters. The van der Waals surface area contributed by atoms with E-state index < -0.39 is 30.3 Å². The van der Waals surface area contributed by atoms with Crippen LogP contribution < -0.4 is 24.7 Å². The third-order valence-electron chi connectivity index (χ3n) is 7.23. The van der Waals surface area contributed by atoms with Crippen molar-refractivity contribution in [2.75, 3.05) is 20.2 Å². The van der Waals surface area contributed by atoms with Gasteiger partial charge in [0.25, 0.3) is 0 Å². The Balaban J connectivity index is 1.49. The molecule has 4 aromatic carbocycles. The quantitative estimate of drug-likeness (QED) is 0.212. The third-order valence-corrected chi connectivity index (χ3v) is 7.56. The van der Waals surface area contributed by atoms with Gasteiger partial charge < -0.3 is 24.7 Å². The summed E-state index contributed by atoms with van der Waals surface area (Å²) in [6.45, 7) is 2.21. The van der Waals surface area contributed by atoms with Crippen LogP contribution in [0, 0.1) is 5.82 Å². The lowest BCUT2D eigenvalue weighted by Gasteiger charge is -2.34. The lowest BCUT2D eigenvalue weighted by atomic mass is 10.00. The minimum absolute atomic E-state index is 0.0953. The largest absolute Gasteiger partial charge is 0.497 e. The van der Waals surface area contributed by atoms with Crippen LogP contribution in [0.5, 0.6) is 23.0 Å². The number of carbonyl (C=O) groups is 1. The number of ether oxygens (including phenoxy) is 4. The first-order valence-corrected chi connectivity index (χ1v) is 14.2. The number of rotatable bonds is 12. The molecule has 10 heteroatoms. The highest BCUT2D eigenvalue weighted by Crippen LogP contribution is 2.37. The van der Waals surface area contributed by atoms with Crippen molar-refractivity contribution in [1.29, 1.82) is 0 Å². The zero-order valence-electron chi connectivity index (χ0n) is 23.9. The normalized spacial score (nSPS) is 17.8. The van der Waals surface area contributed by atoms with Crippen molar-refractivity contribution in [3.8, 4) is 23.0 Å².